The van der Waals surface area contributed by atoms with Gasteiger partial charge >= 0.3 is 0 Å². The number of rotatable bonds is 0. The monoisotopic (exact) mass is 316 g/mol. The molecule has 2 saturated carbocycles. The second kappa shape index (κ2) is 4.72. The number of fused-ring (bicyclic) bond motifs is 4. The van der Waals surface area contributed by atoms with Gasteiger partial charge in [0.2, 0.25) is 0 Å². The van der Waals surface area contributed by atoms with Crippen LogP contribution in [0.2, 0.25) is 0 Å². The first-order valence-electron chi connectivity index (χ1n) is 9.08. The fourth-order valence-corrected chi connectivity index (χ4v) is 6.45. The molecule has 4 atom stereocenters. The van der Waals surface area contributed by atoms with Crippen molar-refractivity contribution in [1.82, 2.24) is 0 Å². The molecular formula is C20H28O3. The Morgan fingerprint density at radius 3 is 2.74 bits per heavy atom. The lowest BCUT2D eigenvalue weighted by molar-refractivity contribution is -0.179. The van der Waals surface area contributed by atoms with Gasteiger partial charge in [0, 0.05) is 18.1 Å². The van der Waals surface area contributed by atoms with Crippen LogP contribution in [-0.4, -0.2) is 10.7 Å². The molecule has 0 bridgehead atoms. The van der Waals surface area contributed by atoms with Crippen LogP contribution in [0.1, 0.15) is 64.2 Å². The highest BCUT2D eigenvalue weighted by Crippen LogP contribution is 2.63. The second-order valence-electron chi connectivity index (χ2n) is 9.16. The van der Waals surface area contributed by atoms with E-state index in [1.54, 1.807) is 0 Å². The summed E-state index contributed by atoms with van der Waals surface area (Å²) in [7, 11) is 0. The van der Waals surface area contributed by atoms with Crippen molar-refractivity contribution >= 4 is 0 Å². The van der Waals surface area contributed by atoms with Gasteiger partial charge in [0.15, 0.2) is 5.43 Å². The van der Waals surface area contributed by atoms with Crippen molar-refractivity contribution in [1.29, 1.82) is 0 Å². The molecule has 3 aliphatic rings. The molecule has 0 unspecified atom stereocenters. The van der Waals surface area contributed by atoms with Gasteiger partial charge in [0.05, 0.1) is 11.9 Å². The predicted molar refractivity (Wildman–Crippen MR) is 89.3 cm³/mol. The molecule has 1 N–H and O–H groups in total. The minimum Gasteiger partial charge on any atom is -0.469 e. The lowest BCUT2D eigenvalue weighted by atomic mass is 9.43. The summed E-state index contributed by atoms with van der Waals surface area (Å²) < 4.78 is 5.59. The van der Waals surface area contributed by atoms with Gasteiger partial charge in [-0.25, -0.2) is 0 Å². The molecule has 1 aromatic rings. The molecule has 126 valence electrons. The molecule has 23 heavy (non-hydrogen) atoms. The molecule has 0 aliphatic heterocycles. The van der Waals surface area contributed by atoms with Gasteiger partial charge in [-0.2, -0.15) is 0 Å². The molecule has 0 saturated heterocycles. The molecule has 0 spiro atoms. The van der Waals surface area contributed by atoms with Gasteiger partial charge < -0.3 is 9.52 Å². The average molecular weight is 316 g/mol. The van der Waals surface area contributed by atoms with Crippen LogP contribution in [0, 0.1) is 22.7 Å². The molecule has 0 radical (unpaired) electrons. The van der Waals surface area contributed by atoms with Crippen LogP contribution in [0.4, 0.5) is 0 Å². The molecule has 1 heterocycles. The summed E-state index contributed by atoms with van der Waals surface area (Å²) in [6.45, 7) is 7.16. The van der Waals surface area contributed by atoms with E-state index in [4.69, 9.17) is 4.42 Å². The summed E-state index contributed by atoms with van der Waals surface area (Å²) in [6, 6.07) is 1.52. The topological polar surface area (TPSA) is 50.4 Å². The Hall–Kier alpha value is -1.09. The Kier molecular flexibility index (Phi) is 3.17. The number of hydrogen-bond acceptors (Lipinski definition) is 3. The first-order valence-corrected chi connectivity index (χ1v) is 9.08. The quantitative estimate of drug-likeness (QED) is 0.794. The van der Waals surface area contributed by atoms with E-state index in [0.29, 0.717) is 29.9 Å². The van der Waals surface area contributed by atoms with E-state index in [2.05, 4.69) is 20.8 Å². The molecule has 0 amide bonds. The molecule has 4 rings (SSSR count). The zero-order chi connectivity index (χ0) is 16.5. The highest BCUT2D eigenvalue weighted by molar-refractivity contribution is 5.27. The summed E-state index contributed by atoms with van der Waals surface area (Å²) >= 11 is 0. The smallest absolute Gasteiger partial charge is 0.188 e. The van der Waals surface area contributed by atoms with E-state index in [1.165, 1.54) is 31.6 Å². The fourth-order valence-electron chi connectivity index (χ4n) is 6.45. The van der Waals surface area contributed by atoms with Crippen molar-refractivity contribution in [2.45, 2.75) is 71.3 Å². The summed E-state index contributed by atoms with van der Waals surface area (Å²) in [5.74, 6) is 1.52. The Morgan fingerprint density at radius 2 is 1.96 bits per heavy atom. The maximum absolute atomic E-state index is 12.3. The molecular weight excluding hydrogens is 288 g/mol. The van der Waals surface area contributed by atoms with Crippen LogP contribution >= 0.6 is 0 Å². The molecule has 0 aromatic carbocycles. The molecule has 3 nitrogen and oxygen atoms in total. The molecule has 3 heteroatoms. The van der Waals surface area contributed by atoms with Crippen molar-refractivity contribution in [2.75, 3.05) is 0 Å². The van der Waals surface area contributed by atoms with Crippen molar-refractivity contribution in [3.05, 3.63) is 33.9 Å². The van der Waals surface area contributed by atoms with E-state index in [1.807, 2.05) is 0 Å². The van der Waals surface area contributed by atoms with Crippen molar-refractivity contribution < 1.29 is 9.52 Å². The highest BCUT2D eigenvalue weighted by atomic mass is 16.3. The largest absolute Gasteiger partial charge is 0.469 e. The van der Waals surface area contributed by atoms with Crippen LogP contribution in [0.3, 0.4) is 0 Å². The fraction of sp³-hybridized carbons (Fsp3) is 0.750. The summed E-state index contributed by atoms with van der Waals surface area (Å²) in [5.41, 5.74) is 0.634. The lowest BCUT2D eigenvalue weighted by Gasteiger charge is -2.62. The highest BCUT2D eigenvalue weighted by Gasteiger charge is 2.60. The van der Waals surface area contributed by atoms with Crippen LogP contribution in [-0.2, 0) is 12.8 Å². The third kappa shape index (κ3) is 2.08. The maximum Gasteiger partial charge on any atom is 0.188 e. The van der Waals surface area contributed by atoms with Crippen molar-refractivity contribution in [2.24, 2.45) is 22.7 Å². The van der Waals surface area contributed by atoms with Crippen molar-refractivity contribution in [3.63, 3.8) is 0 Å². The van der Waals surface area contributed by atoms with Crippen LogP contribution in [0.5, 0.6) is 0 Å². The number of aliphatic hydroxyl groups is 1. The first-order chi connectivity index (χ1) is 10.8. The van der Waals surface area contributed by atoms with E-state index in [0.717, 1.165) is 18.4 Å². The van der Waals surface area contributed by atoms with Crippen molar-refractivity contribution in [3.8, 4) is 0 Å². The minimum absolute atomic E-state index is 0.0779. The summed E-state index contributed by atoms with van der Waals surface area (Å²) in [4.78, 5) is 12.3. The molecule has 3 aliphatic carbocycles. The Labute approximate surface area is 138 Å². The maximum atomic E-state index is 12.3. The summed E-state index contributed by atoms with van der Waals surface area (Å²) in [5, 5.41) is 11.4. The third-order valence-corrected chi connectivity index (χ3v) is 7.53. The second-order valence-corrected chi connectivity index (χ2v) is 9.16. The van der Waals surface area contributed by atoms with Gasteiger partial charge in [-0.1, -0.05) is 27.2 Å². The third-order valence-electron chi connectivity index (χ3n) is 7.53. The zero-order valence-corrected chi connectivity index (χ0v) is 14.5. The van der Waals surface area contributed by atoms with E-state index in [-0.39, 0.29) is 16.8 Å². The van der Waals surface area contributed by atoms with E-state index < -0.39 is 5.60 Å². The van der Waals surface area contributed by atoms with Crippen LogP contribution in [0.25, 0.3) is 0 Å². The standard InChI is InChI=1S/C20H28O3/c1-18(2)7-4-8-19(3)16(18)5-9-20(22)12-15-13(11-17(19)20)14(21)6-10-23-15/h6,10,16-17,22H,4-5,7-9,11-12H2,1-3H3/t16-,17+,19-,20-/m0/s1. The Balaban J connectivity index is 1.81. The van der Waals surface area contributed by atoms with E-state index in [9.17, 15) is 9.90 Å². The normalized spacial score (nSPS) is 41.6. The molecule has 1 aromatic heterocycles. The minimum atomic E-state index is -0.705. The lowest BCUT2D eigenvalue weighted by Crippen LogP contribution is -2.61. The predicted octanol–water partition coefficient (Wildman–Crippen LogP) is 3.71. The molecule has 2 fully saturated rings. The SMILES string of the molecule is CC1(C)CCC[C@@]2(C)[C@H]1CC[C@]1(O)Cc3occc(=O)c3C[C@@H]12. The van der Waals surface area contributed by atoms with E-state index >= 15 is 0 Å². The Bertz CT molecular complexity index is 688. The van der Waals surface area contributed by atoms with Gasteiger partial charge in [-0.3, -0.25) is 4.79 Å². The number of hydrogen-bond donors (Lipinski definition) is 1. The Morgan fingerprint density at radius 1 is 1.17 bits per heavy atom. The van der Waals surface area contributed by atoms with Crippen LogP contribution < -0.4 is 5.43 Å². The summed E-state index contributed by atoms with van der Waals surface area (Å²) in [6.07, 6.45) is 8.25. The van der Waals surface area contributed by atoms with Crippen LogP contribution in [0.15, 0.2) is 21.5 Å². The van der Waals surface area contributed by atoms with Gasteiger partial charge in [-0.05, 0) is 54.8 Å². The first kappa shape index (κ1) is 15.4. The zero-order valence-electron chi connectivity index (χ0n) is 14.5. The van der Waals surface area contributed by atoms with Gasteiger partial charge in [0.1, 0.15) is 5.76 Å². The average Bonchev–Trinajstić information content (AvgIpc) is 2.45. The van der Waals surface area contributed by atoms with Gasteiger partial charge in [-0.15, -0.1) is 0 Å². The van der Waals surface area contributed by atoms with Gasteiger partial charge in [0.25, 0.3) is 0 Å².